The van der Waals surface area contributed by atoms with Gasteiger partial charge in [0, 0.05) is 30.9 Å². The van der Waals surface area contributed by atoms with Gasteiger partial charge < -0.3 is 20.1 Å². The highest BCUT2D eigenvalue weighted by Crippen LogP contribution is 2.21. The summed E-state index contributed by atoms with van der Waals surface area (Å²) < 4.78 is 10.9. The van der Waals surface area contributed by atoms with Crippen molar-refractivity contribution in [3.8, 4) is 5.75 Å². The van der Waals surface area contributed by atoms with E-state index in [1.54, 1.807) is 7.11 Å². The van der Waals surface area contributed by atoms with Gasteiger partial charge in [-0.05, 0) is 52.0 Å². The quantitative estimate of drug-likeness (QED) is 0.868. The number of nitrogens with one attached hydrogen (secondary N) is 2. The Hall–Kier alpha value is -1.79. The van der Waals surface area contributed by atoms with E-state index in [0.717, 1.165) is 24.5 Å². The number of hydrogen-bond donors (Lipinski definition) is 2. The smallest absolute Gasteiger partial charge is 0.319 e. The molecule has 2 unspecified atom stereocenters. The van der Waals surface area contributed by atoms with Crippen molar-refractivity contribution in [2.45, 2.75) is 45.4 Å². The first kappa shape index (κ1) is 18.5. The van der Waals surface area contributed by atoms with Crippen molar-refractivity contribution in [2.75, 3.05) is 32.1 Å². The lowest BCUT2D eigenvalue weighted by molar-refractivity contribution is -0.0947. The molecule has 2 atom stereocenters. The number of amides is 2. The summed E-state index contributed by atoms with van der Waals surface area (Å²) in [6.45, 7) is 10.8. The van der Waals surface area contributed by atoms with Crippen molar-refractivity contribution in [3.05, 3.63) is 24.3 Å². The van der Waals surface area contributed by atoms with E-state index in [9.17, 15) is 4.79 Å². The van der Waals surface area contributed by atoms with Crippen molar-refractivity contribution >= 4 is 11.7 Å². The molecule has 6 heteroatoms. The van der Waals surface area contributed by atoms with Gasteiger partial charge in [0.25, 0.3) is 0 Å². The molecule has 2 N–H and O–H groups in total. The molecule has 1 fully saturated rings. The molecule has 0 spiro atoms. The highest BCUT2D eigenvalue weighted by Gasteiger charge is 2.33. The lowest BCUT2D eigenvalue weighted by Crippen LogP contribution is -2.58. The van der Waals surface area contributed by atoms with Crippen LogP contribution >= 0.6 is 0 Å². The Bertz CT molecular complexity index is 535. The number of nitrogens with zero attached hydrogens (tertiary/aromatic N) is 1. The summed E-state index contributed by atoms with van der Waals surface area (Å²) in [5, 5.41) is 5.80. The van der Waals surface area contributed by atoms with Gasteiger partial charge in [0.1, 0.15) is 5.75 Å². The van der Waals surface area contributed by atoms with Gasteiger partial charge >= 0.3 is 6.03 Å². The molecule has 0 aliphatic carbocycles. The van der Waals surface area contributed by atoms with Gasteiger partial charge in [-0.1, -0.05) is 0 Å². The molecule has 0 bridgehead atoms. The summed E-state index contributed by atoms with van der Waals surface area (Å²) >= 11 is 0. The van der Waals surface area contributed by atoms with Crippen LogP contribution in [0.2, 0.25) is 0 Å². The molecule has 0 aromatic heterocycles. The van der Waals surface area contributed by atoms with Gasteiger partial charge in [0.05, 0.1) is 19.3 Å². The molecule has 6 nitrogen and oxygen atoms in total. The van der Waals surface area contributed by atoms with Crippen LogP contribution < -0.4 is 15.4 Å². The van der Waals surface area contributed by atoms with Crippen LogP contribution in [-0.2, 0) is 4.74 Å². The molecule has 2 rings (SSSR count). The maximum atomic E-state index is 12.1. The summed E-state index contributed by atoms with van der Waals surface area (Å²) in [5.74, 6) is 0.762. The maximum absolute atomic E-state index is 12.1. The summed E-state index contributed by atoms with van der Waals surface area (Å²) in [7, 11) is 1.62. The maximum Gasteiger partial charge on any atom is 0.319 e. The van der Waals surface area contributed by atoms with Gasteiger partial charge in [0.2, 0.25) is 0 Å². The first-order valence-corrected chi connectivity index (χ1v) is 8.39. The first-order valence-electron chi connectivity index (χ1n) is 8.39. The molecule has 24 heavy (non-hydrogen) atoms. The van der Waals surface area contributed by atoms with Crippen molar-refractivity contribution in [3.63, 3.8) is 0 Å². The number of carbonyl (C=O) groups excluding carboxylic acids is 1. The van der Waals surface area contributed by atoms with Gasteiger partial charge in [-0.25, -0.2) is 4.79 Å². The summed E-state index contributed by atoms with van der Waals surface area (Å²) in [4.78, 5) is 14.5. The van der Waals surface area contributed by atoms with Crippen LogP contribution in [0.25, 0.3) is 0 Å². The Labute approximate surface area is 144 Å². The predicted octanol–water partition coefficient (Wildman–Crippen LogP) is 2.70. The molecular weight excluding hydrogens is 306 g/mol. The predicted molar refractivity (Wildman–Crippen MR) is 95.7 cm³/mol. The number of anilines is 1. The van der Waals surface area contributed by atoms with E-state index in [0.29, 0.717) is 6.54 Å². The average Bonchev–Trinajstić information content (AvgIpc) is 2.53. The third-order valence-electron chi connectivity index (χ3n) is 4.31. The van der Waals surface area contributed by atoms with Crippen LogP contribution in [0.1, 0.15) is 27.7 Å². The summed E-state index contributed by atoms with van der Waals surface area (Å²) in [5.41, 5.74) is 0.600. The fourth-order valence-corrected chi connectivity index (χ4v) is 2.93. The van der Waals surface area contributed by atoms with Crippen LogP contribution in [0.15, 0.2) is 24.3 Å². The minimum atomic E-state index is -0.206. The second-order valence-electron chi connectivity index (χ2n) is 7.01. The number of carbonyl (C=O) groups is 1. The van der Waals surface area contributed by atoms with Crippen molar-refractivity contribution in [2.24, 2.45) is 0 Å². The van der Waals surface area contributed by atoms with Gasteiger partial charge in [-0.2, -0.15) is 0 Å². The monoisotopic (exact) mass is 335 g/mol. The molecule has 0 radical (unpaired) electrons. The highest BCUT2D eigenvalue weighted by atomic mass is 16.5. The van der Waals surface area contributed by atoms with Crippen LogP contribution in [-0.4, -0.2) is 55.4 Å². The van der Waals surface area contributed by atoms with Gasteiger partial charge in [-0.3, -0.25) is 4.90 Å². The number of rotatable bonds is 5. The second-order valence-corrected chi connectivity index (χ2v) is 7.01. The van der Waals surface area contributed by atoms with E-state index in [1.807, 2.05) is 24.3 Å². The van der Waals surface area contributed by atoms with Crippen molar-refractivity contribution in [1.29, 1.82) is 0 Å². The first-order chi connectivity index (χ1) is 11.3. The Balaban J connectivity index is 1.85. The average molecular weight is 335 g/mol. The Morgan fingerprint density at radius 3 is 2.38 bits per heavy atom. The van der Waals surface area contributed by atoms with E-state index in [4.69, 9.17) is 9.47 Å². The second kappa shape index (κ2) is 7.85. The lowest BCUT2D eigenvalue weighted by atomic mass is 10.00. The Kier molecular flexibility index (Phi) is 6.07. The number of benzene rings is 1. The summed E-state index contributed by atoms with van der Waals surface area (Å²) in [6, 6.07) is 7.05. The van der Waals surface area contributed by atoms with Crippen LogP contribution in [0, 0.1) is 0 Å². The van der Waals surface area contributed by atoms with E-state index >= 15 is 0 Å². The number of ether oxygens (including phenoxy) is 2. The number of morpholine rings is 1. The normalized spacial score (nSPS) is 22.0. The number of hydrogen-bond acceptors (Lipinski definition) is 4. The minimum Gasteiger partial charge on any atom is -0.497 e. The fraction of sp³-hybridized carbons (Fsp3) is 0.611. The largest absolute Gasteiger partial charge is 0.497 e. The standard InChI is InChI=1S/C18H29N3O3/c1-13-10-21(11-14(2)24-13)18(3,4)12-19-17(22)20-15-6-8-16(23-5)9-7-15/h6-9,13-14H,10-12H2,1-5H3,(H2,19,20,22). The molecular formula is C18H29N3O3. The zero-order valence-electron chi connectivity index (χ0n) is 15.3. The molecule has 1 aliphatic rings. The van der Waals surface area contributed by atoms with Crippen LogP contribution in [0.4, 0.5) is 10.5 Å². The zero-order chi connectivity index (χ0) is 17.7. The van der Waals surface area contributed by atoms with Gasteiger partial charge in [0.15, 0.2) is 0 Å². The Morgan fingerprint density at radius 1 is 1.25 bits per heavy atom. The Morgan fingerprint density at radius 2 is 1.83 bits per heavy atom. The summed E-state index contributed by atoms with van der Waals surface area (Å²) in [6.07, 6.45) is 0.419. The van der Waals surface area contributed by atoms with E-state index in [2.05, 4.69) is 43.2 Å². The van der Waals surface area contributed by atoms with Crippen LogP contribution in [0.5, 0.6) is 5.75 Å². The van der Waals surface area contributed by atoms with E-state index in [1.165, 1.54) is 0 Å². The molecule has 1 aromatic rings. The number of urea groups is 1. The van der Waals surface area contributed by atoms with Gasteiger partial charge in [-0.15, -0.1) is 0 Å². The van der Waals surface area contributed by atoms with Crippen molar-refractivity contribution in [1.82, 2.24) is 10.2 Å². The third kappa shape index (κ3) is 5.11. The molecule has 1 aliphatic heterocycles. The van der Waals surface area contributed by atoms with Crippen molar-refractivity contribution < 1.29 is 14.3 Å². The fourth-order valence-electron chi connectivity index (χ4n) is 2.93. The van der Waals surface area contributed by atoms with Crippen LogP contribution in [0.3, 0.4) is 0 Å². The molecule has 2 amide bonds. The highest BCUT2D eigenvalue weighted by molar-refractivity contribution is 5.89. The topological polar surface area (TPSA) is 62.8 Å². The lowest BCUT2D eigenvalue weighted by Gasteiger charge is -2.45. The number of methoxy groups -OCH3 is 1. The molecule has 1 heterocycles. The molecule has 134 valence electrons. The SMILES string of the molecule is COc1ccc(NC(=O)NCC(C)(C)N2CC(C)OC(C)C2)cc1. The minimum absolute atomic E-state index is 0.135. The molecule has 0 saturated carbocycles. The molecule has 1 saturated heterocycles. The third-order valence-corrected chi connectivity index (χ3v) is 4.31. The zero-order valence-corrected chi connectivity index (χ0v) is 15.3. The van der Waals surface area contributed by atoms with E-state index in [-0.39, 0.29) is 23.8 Å². The van der Waals surface area contributed by atoms with E-state index < -0.39 is 0 Å². The molecule has 1 aromatic carbocycles.